The number of anilines is 1. The molecule has 0 fully saturated rings. The first-order valence-electron chi connectivity index (χ1n) is 8.24. The molecule has 1 heterocycles. The minimum atomic E-state index is -0.0604. The first-order valence-corrected chi connectivity index (χ1v) is 9.05. The maximum atomic E-state index is 11.8. The summed E-state index contributed by atoms with van der Waals surface area (Å²) in [6.07, 6.45) is 2.15. The predicted molar refractivity (Wildman–Crippen MR) is 97.8 cm³/mol. The van der Waals surface area contributed by atoms with E-state index in [-0.39, 0.29) is 11.3 Å². The molecule has 0 saturated carbocycles. The Hall–Kier alpha value is -1.95. The summed E-state index contributed by atoms with van der Waals surface area (Å²) in [6.45, 7) is 9.04. The summed E-state index contributed by atoms with van der Waals surface area (Å²) in [7, 11) is 0. The standard InChI is InChI=1S/C18H25N3O2S/c1-5-18(3,4)14-8-10-15(11-9-14)23-12-6-7-16(22)19-17-21-20-13(2)24-17/h8-11H,5-7,12H2,1-4H3,(H,19,21,22). The topological polar surface area (TPSA) is 64.1 Å². The van der Waals surface area contributed by atoms with Crippen molar-refractivity contribution in [2.75, 3.05) is 11.9 Å². The maximum Gasteiger partial charge on any atom is 0.226 e. The van der Waals surface area contributed by atoms with Crippen LogP contribution in [-0.4, -0.2) is 22.7 Å². The van der Waals surface area contributed by atoms with Crippen molar-refractivity contribution in [3.8, 4) is 5.75 Å². The minimum absolute atomic E-state index is 0.0604. The molecule has 2 rings (SSSR count). The van der Waals surface area contributed by atoms with Crippen molar-refractivity contribution in [2.45, 2.75) is 52.4 Å². The molecule has 0 atom stereocenters. The number of aryl methyl sites for hydroxylation is 1. The summed E-state index contributed by atoms with van der Waals surface area (Å²) in [4.78, 5) is 11.8. The Morgan fingerprint density at radius 1 is 1.25 bits per heavy atom. The molecule has 24 heavy (non-hydrogen) atoms. The lowest BCUT2D eigenvalue weighted by molar-refractivity contribution is -0.116. The molecular formula is C18H25N3O2S. The number of benzene rings is 1. The molecule has 0 aliphatic rings. The predicted octanol–water partition coefficient (Wildman–Crippen LogP) is 4.33. The van der Waals surface area contributed by atoms with Crippen LogP contribution in [0.3, 0.4) is 0 Å². The number of amides is 1. The van der Waals surface area contributed by atoms with Crippen molar-refractivity contribution in [1.29, 1.82) is 0 Å². The number of aromatic nitrogens is 2. The zero-order valence-electron chi connectivity index (χ0n) is 14.8. The zero-order chi connectivity index (χ0) is 17.6. The van der Waals surface area contributed by atoms with Crippen LogP contribution in [-0.2, 0) is 10.2 Å². The van der Waals surface area contributed by atoms with Crippen molar-refractivity contribution in [3.63, 3.8) is 0 Å². The second-order valence-electron chi connectivity index (χ2n) is 6.39. The molecule has 0 radical (unpaired) electrons. The van der Waals surface area contributed by atoms with Crippen LogP contribution < -0.4 is 10.1 Å². The summed E-state index contributed by atoms with van der Waals surface area (Å²) in [5.41, 5.74) is 1.49. The van der Waals surface area contributed by atoms with Crippen molar-refractivity contribution in [1.82, 2.24) is 10.2 Å². The van der Waals surface area contributed by atoms with E-state index in [0.29, 0.717) is 24.6 Å². The van der Waals surface area contributed by atoms with E-state index < -0.39 is 0 Å². The monoisotopic (exact) mass is 347 g/mol. The quantitative estimate of drug-likeness (QED) is 0.722. The van der Waals surface area contributed by atoms with Gasteiger partial charge in [0.2, 0.25) is 11.0 Å². The highest BCUT2D eigenvalue weighted by Gasteiger charge is 2.17. The zero-order valence-corrected chi connectivity index (χ0v) is 15.6. The van der Waals surface area contributed by atoms with E-state index in [0.717, 1.165) is 17.2 Å². The van der Waals surface area contributed by atoms with Crippen LogP contribution in [0, 0.1) is 6.92 Å². The fraction of sp³-hybridized carbons (Fsp3) is 0.500. The second kappa shape index (κ2) is 8.24. The molecule has 0 unspecified atom stereocenters. The fourth-order valence-corrected chi connectivity index (χ4v) is 2.77. The molecule has 0 saturated heterocycles. The van der Waals surface area contributed by atoms with E-state index in [4.69, 9.17) is 4.74 Å². The Labute approximate surface area is 147 Å². The van der Waals surface area contributed by atoms with Crippen LogP contribution >= 0.6 is 11.3 Å². The molecule has 0 aliphatic heterocycles. The van der Waals surface area contributed by atoms with Crippen LogP contribution in [0.2, 0.25) is 0 Å². The second-order valence-corrected chi connectivity index (χ2v) is 7.57. The summed E-state index contributed by atoms with van der Waals surface area (Å²) < 4.78 is 5.71. The number of carbonyl (C=O) groups excluding carboxylic acids is 1. The largest absolute Gasteiger partial charge is 0.494 e. The highest BCUT2D eigenvalue weighted by Crippen LogP contribution is 2.28. The normalized spacial score (nSPS) is 11.3. The first kappa shape index (κ1) is 18.4. The van der Waals surface area contributed by atoms with Crippen molar-refractivity contribution < 1.29 is 9.53 Å². The molecule has 0 bridgehead atoms. The van der Waals surface area contributed by atoms with E-state index >= 15 is 0 Å². The Kier molecular flexibility index (Phi) is 6.31. The Morgan fingerprint density at radius 2 is 1.96 bits per heavy atom. The summed E-state index contributed by atoms with van der Waals surface area (Å²) in [6, 6.07) is 8.22. The van der Waals surface area contributed by atoms with Gasteiger partial charge in [-0.15, -0.1) is 10.2 Å². The van der Waals surface area contributed by atoms with Crippen LogP contribution in [0.15, 0.2) is 24.3 Å². The molecule has 1 aromatic heterocycles. The molecule has 5 nitrogen and oxygen atoms in total. The molecule has 0 spiro atoms. The van der Waals surface area contributed by atoms with Gasteiger partial charge < -0.3 is 10.1 Å². The van der Waals surface area contributed by atoms with Crippen LogP contribution in [0.1, 0.15) is 50.6 Å². The SMILES string of the molecule is CCC(C)(C)c1ccc(OCCCC(=O)Nc2nnc(C)s2)cc1. The molecule has 1 aromatic carbocycles. The van der Waals surface area contributed by atoms with Crippen molar-refractivity contribution >= 4 is 22.4 Å². The van der Waals surface area contributed by atoms with E-state index in [2.05, 4.69) is 48.4 Å². The molecule has 0 aliphatic carbocycles. The van der Waals surface area contributed by atoms with Gasteiger partial charge in [0, 0.05) is 6.42 Å². The lowest BCUT2D eigenvalue weighted by atomic mass is 9.82. The Balaban J connectivity index is 1.71. The average Bonchev–Trinajstić information content (AvgIpc) is 2.97. The lowest BCUT2D eigenvalue weighted by Crippen LogP contribution is -2.15. The van der Waals surface area contributed by atoms with Gasteiger partial charge in [0.25, 0.3) is 0 Å². The van der Waals surface area contributed by atoms with Crippen LogP contribution in [0.5, 0.6) is 5.75 Å². The van der Waals surface area contributed by atoms with E-state index in [1.54, 1.807) is 0 Å². The molecular weight excluding hydrogens is 322 g/mol. The number of nitrogens with one attached hydrogen (secondary N) is 1. The molecule has 1 N–H and O–H groups in total. The molecule has 6 heteroatoms. The third-order valence-corrected chi connectivity index (χ3v) is 4.86. The first-order chi connectivity index (χ1) is 11.4. The van der Waals surface area contributed by atoms with Gasteiger partial charge >= 0.3 is 0 Å². The summed E-state index contributed by atoms with van der Waals surface area (Å²) in [5.74, 6) is 0.778. The van der Waals surface area contributed by atoms with Gasteiger partial charge in [-0.3, -0.25) is 4.79 Å². The van der Waals surface area contributed by atoms with E-state index in [9.17, 15) is 4.79 Å². The fourth-order valence-electron chi connectivity index (χ4n) is 2.16. The van der Waals surface area contributed by atoms with Gasteiger partial charge in [0.15, 0.2) is 0 Å². The third kappa shape index (κ3) is 5.30. The Morgan fingerprint density at radius 3 is 2.54 bits per heavy atom. The van der Waals surface area contributed by atoms with E-state index in [1.165, 1.54) is 16.9 Å². The maximum absolute atomic E-state index is 11.8. The van der Waals surface area contributed by atoms with Crippen molar-refractivity contribution in [3.05, 3.63) is 34.8 Å². The lowest BCUT2D eigenvalue weighted by Gasteiger charge is -2.23. The van der Waals surface area contributed by atoms with Gasteiger partial charge in [-0.2, -0.15) is 0 Å². The van der Waals surface area contributed by atoms with Gasteiger partial charge in [-0.05, 0) is 42.9 Å². The highest BCUT2D eigenvalue weighted by atomic mass is 32.1. The highest BCUT2D eigenvalue weighted by molar-refractivity contribution is 7.15. The third-order valence-electron chi connectivity index (χ3n) is 4.11. The molecule has 2 aromatic rings. The number of hydrogen-bond acceptors (Lipinski definition) is 5. The smallest absolute Gasteiger partial charge is 0.226 e. The number of nitrogens with zero attached hydrogens (tertiary/aromatic N) is 2. The summed E-state index contributed by atoms with van der Waals surface area (Å²) in [5, 5.41) is 11.9. The minimum Gasteiger partial charge on any atom is -0.494 e. The van der Waals surface area contributed by atoms with Crippen LogP contribution in [0.25, 0.3) is 0 Å². The van der Waals surface area contributed by atoms with Gasteiger partial charge in [0.1, 0.15) is 10.8 Å². The van der Waals surface area contributed by atoms with Gasteiger partial charge in [-0.1, -0.05) is 44.2 Å². The van der Waals surface area contributed by atoms with Gasteiger partial charge in [-0.25, -0.2) is 0 Å². The van der Waals surface area contributed by atoms with Crippen LogP contribution in [0.4, 0.5) is 5.13 Å². The van der Waals surface area contributed by atoms with Gasteiger partial charge in [0.05, 0.1) is 6.61 Å². The number of ether oxygens (including phenoxy) is 1. The molecule has 130 valence electrons. The number of hydrogen-bond donors (Lipinski definition) is 1. The van der Waals surface area contributed by atoms with E-state index in [1.807, 2.05) is 19.1 Å². The summed E-state index contributed by atoms with van der Waals surface area (Å²) >= 11 is 1.37. The molecule has 1 amide bonds. The average molecular weight is 347 g/mol. The van der Waals surface area contributed by atoms with Crippen molar-refractivity contribution in [2.24, 2.45) is 0 Å². The number of carbonyl (C=O) groups is 1. The Bertz CT molecular complexity index is 665. The number of rotatable bonds is 8.